The van der Waals surface area contributed by atoms with Crippen molar-refractivity contribution in [1.82, 2.24) is 8.88 Å². The first-order valence-electron chi connectivity index (χ1n) is 2.98. The third kappa shape index (κ3) is 1.35. The fraction of sp³-hybridized carbons (Fsp3) is 1.00. The van der Waals surface area contributed by atoms with Crippen LogP contribution in [0.15, 0.2) is 0 Å². The average molecular weight is 303 g/mol. The van der Waals surface area contributed by atoms with Gasteiger partial charge < -0.3 is 0 Å². The molecule has 0 amide bonds. The Hall–Kier alpha value is 0.940. The molecule has 0 saturated carbocycles. The van der Waals surface area contributed by atoms with Gasteiger partial charge in [0, 0.05) is 0 Å². The molecule has 1 saturated heterocycles. The van der Waals surface area contributed by atoms with Crippen LogP contribution in [0.4, 0.5) is 25.2 Å². The Morgan fingerprint density at radius 2 is 0.929 bits per heavy atom. The summed E-state index contributed by atoms with van der Waals surface area (Å²) in [6.45, 7) is 0. The minimum atomic E-state index is -7.55. The molecule has 14 heavy (non-hydrogen) atoms. The Balaban J connectivity index is 3.21. The van der Waals surface area contributed by atoms with Crippen LogP contribution in [-0.4, -0.2) is 20.9 Å². The molecule has 12 heteroatoms. The van der Waals surface area contributed by atoms with E-state index >= 15 is 0 Å². The average Bonchev–Trinajstić information content (AvgIpc) is 1.80. The molecule has 0 N–H and O–H groups in total. The van der Waals surface area contributed by atoms with Crippen molar-refractivity contribution in [3.05, 3.63) is 0 Å². The molecule has 2 nitrogen and oxygen atoms in total. The van der Waals surface area contributed by atoms with Gasteiger partial charge in [-0.3, -0.25) is 0 Å². The first kappa shape index (κ1) is 13.0. The fourth-order valence-electron chi connectivity index (χ4n) is 0.992. The number of hydrogen-bond acceptors (Lipinski definition) is 2. The summed E-state index contributed by atoms with van der Waals surface area (Å²) in [4.78, 5) is 0. The van der Waals surface area contributed by atoms with Crippen molar-refractivity contribution in [3.63, 3.8) is 0 Å². The summed E-state index contributed by atoms with van der Waals surface area (Å²) in [7, 11) is -15.1. The van der Waals surface area contributed by atoms with Crippen molar-refractivity contribution in [1.29, 1.82) is 0 Å². The van der Waals surface area contributed by atoms with Crippen molar-refractivity contribution in [2.24, 2.45) is 0 Å². The van der Waals surface area contributed by atoms with Gasteiger partial charge in [0.1, 0.15) is 0 Å². The van der Waals surface area contributed by atoms with E-state index in [1.54, 1.807) is 0 Å². The summed E-state index contributed by atoms with van der Waals surface area (Å²) in [6.07, 6.45) is 0. The number of hydrogen-bond donors (Lipinski definition) is 0. The first-order valence-corrected chi connectivity index (χ1v) is 7.68. The zero-order chi connectivity index (χ0) is 11.5. The summed E-state index contributed by atoms with van der Waals surface area (Å²) in [5.41, 5.74) is 0. The Kier molecular flexibility index (Phi) is 2.59. The molecule has 1 rings (SSSR count). The van der Waals surface area contributed by atoms with Crippen molar-refractivity contribution in [3.8, 4) is 0 Å². The SMILES string of the molecule is FP1(F)(F)N(CCl)P(F)(F)(F)N1CCl. The van der Waals surface area contributed by atoms with E-state index in [2.05, 4.69) is 23.2 Å². The van der Waals surface area contributed by atoms with Gasteiger partial charge >= 0.3 is 84.9 Å². The zero-order valence-corrected chi connectivity index (χ0v) is 9.53. The minimum absolute atomic E-state index is 1.48. The van der Waals surface area contributed by atoms with Gasteiger partial charge in [-0.15, -0.1) is 0 Å². The molecule has 1 aliphatic heterocycles. The van der Waals surface area contributed by atoms with E-state index in [9.17, 15) is 25.2 Å². The topological polar surface area (TPSA) is 6.48 Å². The Labute approximate surface area is 85.5 Å². The number of rotatable bonds is 2. The molecule has 0 aromatic rings. The van der Waals surface area contributed by atoms with E-state index in [1.807, 2.05) is 0 Å². The molecule has 1 aliphatic rings. The van der Waals surface area contributed by atoms with Gasteiger partial charge in [0.05, 0.1) is 0 Å². The molecule has 0 radical (unpaired) electrons. The van der Waals surface area contributed by atoms with Crippen molar-refractivity contribution < 1.29 is 25.2 Å². The fourth-order valence-corrected chi connectivity index (χ4v) is 8.39. The van der Waals surface area contributed by atoms with E-state index in [1.165, 1.54) is 0 Å². The van der Waals surface area contributed by atoms with Crippen LogP contribution in [0.25, 0.3) is 0 Å². The van der Waals surface area contributed by atoms with Crippen LogP contribution < -0.4 is 0 Å². The van der Waals surface area contributed by atoms with Gasteiger partial charge in [-0.05, 0) is 0 Å². The second-order valence-corrected chi connectivity index (χ2v) is 8.43. The van der Waals surface area contributed by atoms with Gasteiger partial charge in [0.15, 0.2) is 0 Å². The molecular weight excluding hydrogens is 299 g/mol. The molecule has 0 unspecified atom stereocenters. The van der Waals surface area contributed by atoms with Gasteiger partial charge in [-0.1, -0.05) is 0 Å². The summed E-state index contributed by atoms with van der Waals surface area (Å²) >= 11 is 9.31. The van der Waals surface area contributed by atoms with Crippen LogP contribution in [0.5, 0.6) is 0 Å². The summed E-state index contributed by atoms with van der Waals surface area (Å²) < 4.78 is 73.6. The van der Waals surface area contributed by atoms with Crippen LogP contribution in [0.1, 0.15) is 0 Å². The third-order valence-corrected chi connectivity index (χ3v) is 9.70. The molecule has 0 spiro atoms. The standard InChI is InChI=1S/C2H4Cl2F6N2P2/c3-1-11-13(5,6,7)12(2-4)14(11,8,9)10/h1-2H2. The van der Waals surface area contributed by atoms with Crippen molar-refractivity contribution >= 4 is 38.9 Å². The molecule has 0 aliphatic carbocycles. The number of nitrogens with zero attached hydrogens (tertiary/aromatic N) is 2. The predicted octanol–water partition coefficient (Wildman–Crippen LogP) is 5.07. The molecule has 88 valence electrons. The summed E-state index contributed by atoms with van der Waals surface area (Å²) in [6, 6.07) is -3.26. The molecular formula is C2H4Cl2F6N2P2. The van der Waals surface area contributed by atoms with E-state index in [-0.39, 0.29) is 0 Å². The third-order valence-electron chi connectivity index (χ3n) is 1.67. The Morgan fingerprint density at radius 3 is 1.07 bits per heavy atom. The van der Waals surface area contributed by atoms with Gasteiger partial charge in [-0.2, -0.15) is 0 Å². The van der Waals surface area contributed by atoms with E-state index in [4.69, 9.17) is 0 Å². The second kappa shape index (κ2) is 2.79. The summed E-state index contributed by atoms with van der Waals surface area (Å²) in [5, 5.41) is 0. The predicted molar refractivity (Wildman–Crippen MR) is 45.6 cm³/mol. The van der Waals surface area contributed by atoms with E-state index in [0.29, 0.717) is 0 Å². The van der Waals surface area contributed by atoms with Crippen molar-refractivity contribution in [2.45, 2.75) is 0 Å². The monoisotopic (exact) mass is 302 g/mol. The van der Waals surface area contributed by atoms with Crippen LogP contribution in [-0.2, 0) is 0 Å². The van der Waals surface area contributed by atoms with Crippen LogP contribution >= 0.6 is 38.9 Å². The van der Waals surface area contributed by atoms with E-state index in [0.717, 1.165) is 0 Å². The normalized spacial score (nSPS) is 39.7. The second-order valence-electron chi connectivity index (χ2n) is 2.45. The van der Waals surface area contributed by atoms with Crippen LogP contribution in [0, 0.1) is 0 Å². The maximum absolute atomic E-state index is 12.8. The Morgan fingerprint density at radius 1 is 0.714 bits per heavy atom. The molecule has 1 heterocycles. The van der Waals surface area contributed by atoms with Gasteiger partial charge in [-0.25, -0.2) is 0 Å². The Bertz CT molecular complexity index is 226. The molecule has 0 aromatic heterocycles. The number of alkyl halides is 2. The molecule has 0 aromatic carbocycles. The number of halogens is 8. The quantitative estimate of drug-likeness (QED) is 0.304. The van der Waals surface area contributed by atoms with E-state index < -0.39 is 36.6 Å². The van der Waals surface area contributed by atoms with Crippen LogP contribution in [0.3, 0.4) is 0 Å². The van der Waals surface area contributed by atoms with Gasteiger partial charge in [0.25, 0.3) is 0 Å². The van der Waals surface area contributed by atoms with Crippen molar-refractivity contribution in [2.75, 3.05) is 12.0 Å². The molecule has 1 fully saturated rings. The first-order chi connectivity index (χ1) is 5.95. The molecule has 0 bridgehead atoms. The summed E-state index contributed by atoms with van der Waals surface area (Å²) in [5.74, 6) is 0. The van der Waals surface area contributed by atoms with Gasteiger partial charge in [0.2, 0.25) is 0 Å². The maximum atomic E-state index is 12.8. The van der Waals surface area contributed by atoms with Crippen LogP contribution in [0.2, 0.25) is 0 Å². The zero-order valence-electron chi connectivity index (χ0n) is 6.23. The molecule has 0 atom stereocenters.